The average Bonchev–Trinajstić information content (AvgIpc) is 2.27. The standard InChI is InChI=1S/C16H25NO/c1-10(2)13-6-7-16-14(9-13)15(17-11(3)4)8-12(5)18-16/h6-7,9-12,15,17H,8H2,1-5H3. The second-order valence-electron chi connectivity index (χ2n) is 5.99. The zero-order valence-electron chi connectivity index (χ0n) is 12.2. The van der Waals surface area contributed by atoms with Crippen LogP contribution in [0, 0.1) is 0 Å². The van der Waals surface area contributed by atoms with Crippen molar-refractivity contribution in [2.45, 2.75) is 65.1 Å². The van der Waals surface area contributed by atoms with Crippen molar-refractivity contribution in [3.05, 3.63) is 29.3 Å². The van der Waals surface area contributed by atoms with E-state index in [1.807, 2.05) is 0 Å². The molecule has 0 saturated heterocycles. The molecule has 0 saturated carbocycles. The number of ether oxygens (including phenoxy) is 1. The van der Waals surface area contributed by atoms with Crippen LogP contribution < -0.4 is 10.1 Å². The predicted molar refractivity (Wildman–Crippen MR) is 76.3 cm³/mol. The fourth-order valence-corrected chi connectivity index (χ4v) is 2.59. The Morgan fingerprint density at radius 2 is 1.94 bits per heavy atom. The summed E-state index contributed by atoms with van der Waals surface area (Å²) in [6, 6.07) is 7.55. The molecule has 0 amide bonds. The summed E-state index contributed by atoms with van der Waals surface area (Å²) in [4.78, 5) is 0. The molecular formula is C16H25NO. The lowest BCUT2D eigenvalue weighted by molar-refractivity contribution is 0.163. The third kappa shape index (κ3) is 2.86. The number of hydrogen-bond donors (Lipinski definition) is 1. The molecule has 0 spiro atoms. The highest BCUT2D eigenvalue weighted by atomic mass is 16.5. The Labute approximate surface area is 111 Å². The molecule has 2 unspecified atom stereocenters. The molecule has 2 nitrogen and oxygen atoms in total. The molecule has 0 radical (unpaired) electrons. The van der Waals surface area contributed by atoms with Crippen LogP contribution in [0.2, 0.25) is 0 Å². The summed E-state index contributed by atoms with van der Waals surface area (Å²) in [5, 5.41) is 3.65. The predicted octanol–water partition coefficient (Wildman–Crippen LogP) is 4.02. The molecule has 0 fully saturated rings. The summed E-state index contributed by atoms with van der Waals surface area (Å²) >= 11 is 0. The van der Waals surface area contributed by atoms with Gasteiger partial charge in [0.15, 0.2) is 0 Å². The summed E-state index contributed by atoms with van der Waals surface area (Å²) in [5.41, 5.74) is 2.72. The third-order valence-electron chi connectivity index (χ3n) is 3.51. The number of fused-ring (bicyclic) bond motifs is 1. The molecule has 1 aliphatic heterocycles. The lowest BCUT2D eigenvalue weighted by atomic mass is 9.92. The molecule has 0 bridgehead atoms. The minimum absolute atomic E-state index is 0.290. The topological polar surface area (TPSA) is 21.3 Å². The van der Waals surface area contributed by atoms with Crippen LogP contribution >= 0.6 is 0 Å². The highest BCUT2D eigenvalue weighted by Crippen LogP contribution is 2.36. The van der Waals surface area contributed by atoms with E-state index in [0.29, 0.717) is 24.1 Å². The Balaban J connectivity index is 2.34. The lowest BCUT2D eigenvalue weighted by Crippen LogP contribution is -2.35. The summed E-state index contributed by atoms with van der Waals surface area (Å²) in [6.07, 6.45) is 1.34. The maximum Gasteiger partial charge on any atom is 0.124 e. The van der Waals surface area contributed by atoms with Gasteiger partial charge in [-0.25, -0.2) is 0 Å². The molecule has 18 heavy (non-hydrogen) atoms. The van der Waals surface area contributed by atoms with Gasteiger partial charge in [0.1, 0.15) is 5.75 Å². The second kappa shape index (κ2) is 5.31. The van der Waals surface area contributed by atoms with Crippen molar-refractivity contribution in [1.82, 2.24) is 5.32 Å². The number of hydrogen-bond acceptors (Lipinski definition) is 2. The zero-order chi connectivity index (χ0) is 13.3. The Morgan fingerprint density at radius 3 is 2.56 bits per heavy atom. The van der Waals surface area contributed by atoms with Crippen LogP contribution in [-0.2, 0) is 0 Å². The Bertz CT molecular complexity index is 412. The minimum Gasteiger partial charge on any atom is -0.490 e. The molecule has 0 aromatic heterocycles. The van der Waals surface area contributed by atoms with Gasteiger partial charge in [-0.15, -0.1) is 0 Å². The fourth-order valence-electron chi connectivity index (χ4n) is 2.59. The van der Waals surface area contributed by atoms with E-state index in [2.05, 4.69) is 58.1 Å². The van der Waals surface area contributed by atoms with Crippen molar-refractivity contribution in [2.75, 3.05) is 0 Å². The summed E-state index contributed by atoms with van der Waals surface area (Å²) < 4.78 is 5.94. The first-order valence-corrected chi connectivity index (χ1v) is 7.04. The number of nitrogens with one attached hydrogen (secondary N) is 1. The van der Waals surface area contributed by atoms with Gasteiger partial charge in [-0.05, 0) is 24.5 Å². The molecular weight excluding hydrogens is 222 g/mol. The molecule has 2 rings (SSSR count). The van der Waals surface area contributed by atoms with E-state index in [1.54, 1.807) is 0 Å². The molecule has 1 aromatic carbocycles. The van der Waals surface area contributed by atoms with Gasteiger partial charge in [-0.3, -0.25) is 0 Å². The van der Waals surface area contributed by atoms with Crippen LogP contribution in [-0.4, -0.2) is 12.1 Å². The fraction of sp³-hybridized carbons (Fsp3) is 0.625. The first kappa shape index (κ1) is 13.4. The molecule has 1 aromatic rings. The van der Waals surface area contributed by atoms with Gasteiger partial charge in [0.25, 0.3) is 0 Å². The Kier molecular flexibility index (Phi) is 3.96. The van der Waals surface area contributed by atoms with Crippen LogP contribution in [0.1, 0.15) is 64.1 Å². The van der Waals surface area contributed by atoms with Crippen molar-refractivity contribution in [3.63, 3.8) is 0 Å². The molecule has 2 heteroatoms. The first-order valence-electron chi connectivity index (χ1n) is 7.04. The molecule has 0 aliphatic carbocycles. The van der Waals surface area contributed by atoms with E-state index in [-0.39, 0.29) is 0 Å². The second-order valence-corrected chi connectivity index (χ2v) is 5.99. The Hall–Kier alpha value is -1.02. The first-order chi connectivity index (χ1) is 8.47. The van der Waals surface area contributed by atoms with E-state index in [1.165, 1.54) is 11.1 Å². The van der Waals surface area contributed by atoms with Crippen LogP contribution in [0.25, 0.3) is 0 Å². The van der Waals surface area contributed by atoms with E-state index in [0.717, 1.165) is 12.2 Å². The monoisotopic (exact) mass is 247 g/mol. The maximum absolute atomic E-state index is 5.94. The van der Waals surface area contributed by atoms with Crippen molar-refractivity contribution < 1.29 is 4.74 Å². The summed E-state index contributed by atoms with van der Waals surface area (Å²) in [6.45, 7) is 11.0. The Morgan fingerprint density at radius 1 is 1.22 bits per heavy atom. The lowest BCUT2D eigenvalue weighted by Gasteiger charge is -2.33. The van der Waals surface area contributed by atoms with E-state index in [4.69, 9.17) is 4.74 Å². The molecule has 1 heterocycles. The van der Waals surface area contributed by atoms with Gasteiger partial charge >= 0.3 is 0 Å². The SMILES string of the molecule is CC(C)NC1CC(C)Oc2ccc(C(C)C)cc21. The van der Waals surface area contributed by atoms with Crippen molar-refractivity contribution >= 4 is 0 Å². The van der Waals surface area contributed by atoms with Crippen molar-refractivity contribution in [2.24, 2.45) is 0 Å². The van der Waals surface area contributed by atoms with Gasteiger partial charge in [0.05, 0.1) is 6.10 Å². The normalized spacial score (nSPS) is 23.1. The van der Waals surface area contributed by atoms with Gasteiger partial charge in [0, 0.05) is 24.1 Å². The van der Waals surface area contributed by atoms with Crippen LogP contribution in [0.15, 0.2) is 18.2 Å². The van der Waals surface area contributed by atoms with Gasteiger partial charge in [-0.1, -0.05) is 39.8 Å². The van der Waals surface area contributed by atoms with Gasteiger partial charge in [-0.2, -0.15) is 0 Å². The van der Waals surface area contributed by atoms with E-state index >= 15 is 0 Å². The van der Waals surface area contributed by atoms with Crippen LogP contribution in [0.3, 0.4) is 0 Å². The summed E-state index contributed by atoms with van der Waals surface area (Å²) in [5.74, 6) is 1.62. The highest BCUT2D eigenvalue weighted by Gasteiger charge is 2.26. The number of benzene rings is 1. The van der Waals surface area contributed by atoms with Crippen molar-refractivity contribution in [1.29, 1.82) is 0 Å². The van der Waals surface area contributed by atoms with Gasteiger partial charge < -0.3 is 10.1 Å². The molecule has 2 atom stereocenters. The largest absolute Gasteiger partial charge is 0.490 e. The minimum atomic E-state index is 0.290. The van der Waals surface area contributed by atoms with Crippen molar-refractivity contribution in [3.8, 4) is 5.75 Å². The van der Waals surface area contributed by atoms with Gasteiger partial charge in [0.2, 0.25) is 0 Å². The zero-order valence-corrected chi connectivity index (χ0v) is 12.2. The maximum atomic E-state index is 5.94. The average molecular weight is 247 g/mol. The smallest absolute Gasteiger partial charge is 0.124 e. The van der Waals surface area contributed by atoms with E-state index in [9.17, 15) is 0 Å². The quantitative estimate of drug-likeness (QED) is 0.871. The third-order valence-corrected chi connectivity index (χ3v) is 3.51. The molecule has 1 N–H and O–H groups in total. The van der Waals surface area contributed by atoms with E-state index < -0.39 is 0 Å². The summed E-state index contributed by atoms with van der Waals surface area (Å²) in [7, 11) is 0. The molecule has 1 aliphatic rings. The highest BCUT2D eigenvalue weighted by molar-refractivity contribution is 5.42. The van der Waals surface area contributed by atoms with Crippen LogP contribution in [0.5, 0.6) is 5.75 Å². The van der Waals surface area contributed by atoms with Crippen LogP contribution in [0.4, 0.5) is 0 Å². The number of rotatable bonds is 3. The molecule has 100 valence electrons.